The van der Waals surface area contributed by atoms with E-state index in [0.29, 0.717) is 12.0 Å². The molecule has 0 spiro atoms. The molecule has 0 aliphatic heterocycles. The number of nitrogens with one attached hydrogen (secondary N) is 2. The summed E-state index contributed by atoms with van der Waals surface area (Å²) >= 11 is 0. The Morgan fingerprint density at radius 2 is 2.00 bits per heavy atom. The first-order chi connectivity index (χ1) is 13.1. The van der Waals surface area contributed by atoms with E-state index in [1.807, 2.05) is 73.1 Å². The third-order valence-electron chi connectivity index (χ3n) is 4.43. The van der Waals surface area contributed by atoms with Crippen LogP contribution in [0.3, 0.4) is 0 Å². The van der Waals surface area contributed by atoms with Crippen molar-refractivity contribution >= 4 is 11.6 Å². The van der Waals surface area contributed by atoms with Crippen molar-refractivity contribution in [1.82, 2.24) is 24.9 Å². The Balaban J connectivity index is 1.50. The van der Waals surface area contributed by atoms with Gasteiger partial charge < -0.3 is 9.72 Å². The Hall–Kier alpha value is -3.41. The summed E-state index contributed by atoms with van der Waals surface area (Å²) in [6.45, 7) is 3.94. The van der Waals surface area contributed by atoms with Gasteiger partial charge in [-0.25, -0.2) is 4.98 Å². The van der Waals surface area contributed by atoms with E-state index in [9.17, 15) is 4.79 Å². The van der Waals surface area contributed by atoms with Crippen molar-refractivity contribution in [1.29, 1.82) is 0 Å². The van der Waals surface area contributed by atoms with E-state index in [1.54, 1.807) is 6.07 Å². The van der Waals surface area contributed by atoms with Crippen molar-refractivity contribution in [2.45, 2.75) is 26.3 Å². The molecular formula is C21H21N5O. The van der Waals surface area contributed by atoms with Gasteiger partial charge in [-0.1, -0.05) is 30.3 Å². The smallest absolute Gasteiger partial charge is 0.252 e. The number of carbonyl (C=O) groups is 1. The lowest BCUT2D eigenvalue weighted by Crippen LogP contribution is -2.34. The molecule has 2 N–H and O–H groups in total. The van der Waals surface area contributed by atoms with Crippen molar-refractivity contribution < 1.29 is 4.79 Å². The predicted molar refractivity (Wildman–Crippen MR) is 105 cm³/mol. The summed E-state index contributed by atoms with van der Waals surface area (Å²) in [5, 5.41) is 10.2. The highest BCUT2D eigenvalue weighted by Gasteiger charge is 2.13. The van der Waals surface area contributed by atoms with Crippen LogP contribution in [0.2, 0.25) is 0 Å². The average molecular weight is 359 g/mol. The maximum atomic E-state index is 12.6. The Morgan fingerprint density at radius 1 is 1.19 bits per heavy atom. The summed E-state index contributed by atoms with van der Waals surface area (Å²) in [6, 6.07) is 15.6. The maximum Gasteiger partial charge on any atom is 0.252 e. The van der Waals surface area contributed by atoms with Crippen LogP contribution in [0, 0.1) is 6.92 Å². The number of amides is 1. The van der Waals surface area contributed by atoms with Crippen molar-refractivity contribution in [3.8, 4) is 11.3 Å². The molecular weight excluding hydrogens is 338 g/mol. The molecule has 6 heteroatoms. The van der Waals surface area contributed by atoms with E-state index in [0.717, 1.165) is 28.3 Å². The molecule has 6 nitrogen and oxygen atoms in total. The largest absolute Gasteiger partial charge is 0.349 e. The molecule has 1 atom stereocenters. The molecule has 0 fully saturated rings. The van der Waals surface area contributed by atoms with Gasteiger partial charge in [0.15, 0.2) is 0 Å². The molecule has 0 saturated carbocycles. The Kier molecular flexibility index (Phi) is 4.46. The highest BCUT2D eigenvalue weighted by molar-refractivity contribution is 5.94. The number of pyridine rings is 1. The fourth-order valence-electron chi connectivity index (χ4n) is 3.13. The van der Waals surface area contributed by atoms with Gasteiger partial charge in [-0.3, -0.25) is 9.89 Å². The van der Waals surface area contributed by atoms with Crippen LogP contribution in [-0.2, 0) is 6.42 Å². The molecule has 4 aromatic rings. The fraction of sp³-hybridized carbons (Fsp3) is 0.190. The second-order valence-electron chi connectivity index (χ2n) is 6.80. The zero-order valence-corrected chi connectivity index (χ0v) is 15.3. The monoisotopic (exact) mass is 359 g/mol. The predicted octanol–water partition coefficient (Wildman–Crippen LogP) is 3.39. The van der Waals surface area contributed by atoms with Gasteiger partial charge in [0.05, 0.1) is 17.0 Å². The molecule has 0 radical (unpaired) electrons. The number of hydrogen-bond donors (Lipinski definition) is 2. The van der Waals surface area contributed by atoms with E-state index >= 15 is 0 Å². The zero-order chi connectivity index (χ0) is 18.8. The van der Waals surface area contributed by atoms with E-state index in [2.05, 4.69) is 20.5 Å². The molecule has 0 aliphatic rings. The number of aromatic amines is 1. The summed E-state index contributed by atoms with van der Waals surface area (Å²) in [4.78, 5) is 17.2. The lowest BCUT2D eigenvalue weighted by Gasteiger charge is -2.12. The highest BCUT2D eigenvalue weighted by Crippen LogP contribution is 2.19. The molecule has 1 amide bonds. The van der Waals surface area contributed by atoms with E-state index in [-0.39, 0.29) is 11.9 Å². The van der Waals surface area contributed by atoms with Crippen molar-refractivity contribution in [3.63, 3.8) is 0 Å². The maximum absolute atomic E-state index is 12.6. The molecule has 4 rings (SSSR count). The van der Waals surface area contributed by atoms with Crippen LogP contribution in [0.25, 0.3) is 16.9 Å². The molecule has 27 heavy (non-hydrogen) atoms. The normalized spacial score (nSPS) is 12.2. The molecule has 136 valence electrons. The van der Waals surface area contributed by atoms with Crippen molar-refractivity contribution in [2.24, 2.45) is 0 Å². The van der Waals surface area contributed by atoms with Gasteiger partial charge in [0.2, 0.25) is 0 Å². The van der Waals surface area contributed by atoms with Crippen molar-refractivity contribution in [3.05, 3.63) is 77.9 Å². The van der Waals surface area contributed by atoms with Crippen molar-refractivity contribution in [2.75, 3.05) is 0 Å². The number of benzene rings is 1. The van der Waals surface area contributed by atoms with Crippen LogP contribution in [-0.4, -0.2) is 31.5 Å². The number of H-pyrrole nitrogens is 1. The van der Waals surface area contributed by atoms with Gasteiger partial charge in [-0.2, -0.15) is 5.10 Å². The fourth-order valence-corrected chi connectivity index (χ4v) is 3.13. The van der Waals surface area contributed by atoms with Crippen LogP contribution >= 0.6 is 0 Å². The van der Waals surface area contributed by atoms with Crippen LogP contribution in [0.1, 0.15) is 28.7 Å². The second-order valence-corrected chi connectivity index (χ2v) is 6.80. The first-order valence-electron chi connectivity index (χ1n) is 8.94. The number of nitrogens with zero attached hydrogens (tertiary/aromatic N) is 3. The van der Waals surface area contributed by atoms with E-state index in [4.69, 9.17) is 0 Å². The quantitative estimate of drug-likeness (QED) is 0.573. The SMILES string of the molecule is Cc1cc(C[C@@H](C)NC(=O)c2ccc3nc(-c4ccccc4)cn3c2)n[nH]1. The van der Waals surface area contributed by atoms with Crippen LogP contribution in [0.15, 0.2) is 60.9 Å². The zero-order valence-electron chi connectivity index (χ0n) is 15.3. The minimum Gasteiger partial charge on any atom is -0.349 e. The number of imidazole rings is 1. The lowest BCUT2D eigenvalue weighted by molar-refractivity contribution is 0.0939. The minimum absolute atomic E-state index is 0.0152. The summed E-state index contributed by atoms with van der Waals surface area (Å²) in [7, 11) is 0. The van der Waals surface area contributed by atoms with Gasteiger partial charge in [0.1, 0.15) is 5.65 Å². The Labute approximate surface area is 157 Å². The average Bonchev–Trinajstić information content (AvgIpc) is 3.27. The summed E-state index contributed by atoms with van der Waals surface area (Å²) < 4.78 is 1.89. The Morgan fingerprint density at radius 3 is 2.74 bits per heavy atom. The number of aromatic nitrogens is 4. The molecule has 0 bridgehead atoms. The van der Waals surface area contributed by atoms with Gasteiger partial charge in [-0.15, -0.1) is 0 Å². The van der Waals surface area contributed by atoms with Gasteiger partial charge in [-0.05, 0) is 32.0 Å². The molecule has 0 saturated heterocycles. The van der Waals surface area contributed by atoms with E-state index < -0.39 is 0 Å². The lowest BCUT2D eigenvalue weighted by atomic mass is 10.1. The standard InChI is InChI=1S/C21H21N5O/c1-14(10-18-11-15(2)24-25-18)22-21(27)17-8-9-20-23-19(13-26(20)12-17)16-6-4-3-5-7-16/h3-9,11-14H,10H2,1-2H3,(H,22,27)(H,24,25)/t14-/m1/s1. The van der Waals surface area contributed by atoms with Crippen LogP contribution < -0.4 is 5.32 Å². The molecule has 1 aromatic carbocycles. The number of aryl methyl sites for hydroxylation is 1. The number of rotatable bonds is 5. The Bertz CT molecular complexity index is 1080. The first kappa shape index (κ1) is 17.0. The summed E-state index contributed by atoms with van der Waals surface area (Å²) in [6.07, 6.45) is 4.44. The second kappa shape index (κ2) is 7.07. The number of hydrogen-bond acceptors (Lipinski definition) is 3. The number of fused-ring (bicyclic) bond motifs is 1. The third kappa shape index (κ3) is 3.74. The molecule has 3 aromatic heterocycles. The van der Waals surface area contributed by atoms with Gasteiger partial charge >= 0.3 is 0 Å². The molecule has 0 unspecified atom stereocenters. The summed E-state index contributed by atoms with van der Waals surface area (Å²) in [5.41, 5.74) is 5.31. The minimum atomic E-state index is -0.105. The summed E-state index contributed by atoms with van der Waals surface area (Å²) in [5.74, 6) is -0.105. The van der Waals surface area contributed by atoms with Crippen LogP contribution in [0.5, 0.6) is 0 Å². The topological polar surface area (TPSA) is 75.1 Å². The highest BCUT2D eigenvalue weighted by atomic mass is 16.1. The molecule has 3 heterocycles. The third-order valence-corrected chi connectivity index (χ3v) is 4.43. The van der Waals surface area contributed by atoms with Gasteiger partial charge in [0, 0.05) is 36.1 Å². The van der Waals surface area contributed by atoms with E-state index in [1.165, 1.54) is 0 Å². The molecule has 0 aliphatic carbocycles. The first-order valence-corrected chi connectivity index (χ1v) is 8.94. The van der Waals surface area contributed by atoms with Gasteiger partial charge in [0.25, 0.3) is 5.91 Å². The number of carbonyl (C=O) groups excluding carboxylic acids is 1. The van der Waals surface area contributed by atoms with Crippen LogP contribution in [0.4, 0.5) is 0 Å².